The number of hydrogen-bond acceptors (Lipinski definition) is 1. The van der Waals surface area contributed by atoms with Gasteiger partial charge in [0.25, 0.3) is 0 Å². The first-order valence-electron chi connectivity index (χ1n) is 2.65. The minimum atomic E-state index is 0.893. The van der Waals surface area contributed by atoms with Crippen LogP contribution in [-0.2, 0) is 4.74 Å². The van der Waals surface area contributed by atoms with E-state index < -0.39 is 0 Å². The van der Waals surface area contributed by atoms with Gasteiger partial charge in [-0.25, -0.2) is 0 Å². The van der Waals surface area contributed by atoms with Gasteiger partial charge in [0.1, 0.15) is 5.76 Å². The maximum Gasteiger partial charge on any atom is 0.149 e. The van der Waals surface area contributed by atoms with E-state index in [0.717, 1.165) is 12.2 Å². The Kier molecular flexibility index (Phi) is 1.55. The largest absolute Gasteiger partial charge is 0.461 e. The fourth-order valence-corrected chi connectivity index (χ4v) is 0.587. The third-order valence-corrected chi connectivity index (χ3v) is 0.915. The van der Waals surface area contributed by atoms with E-state index in [1.54, 1.807) is 6.26 Å². The van der Waals surface area contributed by atoms with E-state index in [1.165, 1.54) is 0 Å². The summed E-state index contributed by atoms with van der Waals surface area (Å²) in [6, 6.07) is 0. The van der Waals surface area contributed by atoms with Crippen LogP contribution in [0.25, 0.3) is 0 Å². The maximum atomic E-state index is 4.99. The molecule has 1 heteroatoms. The second-order valence-electron chi connectivity index (χ2n) is 1.55. The summed E-state index contributed by atoms with van der Waals surface area (Å²) in [6.45, 7) is 1.93. The van der Waals surface area contributed by atoms with Crippen molar-refractivity contribution in [2.45, 2.75) is 13.3 Å². The van der Waals surface area contributed by atoms with Crippen molar-refractivity contribution in [3.8, 4) is 0 Å². The van der Waals surface area contributed by atoms with E-state index in [0.29, 0.717) is 0 Å². The molecule has 0 bridgehead atoms. The molecule has 0 unspecified atom stereocenters. The van der Waals surface area contributed by atoms with Crippen molar-refractivity contribution in [1.29, 1.82) is 0 Å². The lowest BCUT2D eigenvalue weighted by molar-refractivity contribution is 0.368. The third kappa shape index (κ3) is 1.02. The molecule has 42 valence electrons. The van der Waals surface area contributed by atoms with Crippen LogP contribution in [0.5, 0.6) is 0 Å². The number of ether oxygens (including phenoxy) is 1. The number of hydrogen-bond donors (Lipinski definition) is 0. The Bertz CT molecular complexity index is 149. The van der Waals surface area contributed by atoms with Crippen LogP contribution in [0.4, 0.5) is 0 Å². The van der Waals surface area contributed by atoms with Crippen LogP contribution in [-0.4, -0.2) is 0 Å². The van der Waals surface area contributed by atoms with Crippen LogP contribution in [0, 0.1) is 0 Å². The summed E-state index contributed by atoms with van der Waals surface area (Å²) in [5.74, 6) is 0.910. The van der Waals surface area contributed by atoms with Crippen LogP contribution in [0.2, 0.25) is 0 Å². The zero-order valence-corrected chi connectivity index (χ0v) is 4.85. The van der Waals surface area contributed by atoms with Crippen molar-refractivity contribution in [1.82, 2.24) is 0 Å². The summed E-state index contributed by atoms with van der Waals surface area (Å²) in [5, 5.41) is 0. The van der Waals surface area contributed by atoms with Crippen molar-refractivity contribution in [2.75, 3.05) is 0 Å². The van der Waals surface area contributed by atoms with E-state index in [9.17, 15) is 0 Å². The van der Waals surface area contributed by atoms with E-state index in [2.05, 4.69) is 5.73 Å². The molecule has 8 heavy (non-hydrogen) atoms. The first kappa shape index (κ1) is 5.20. The second-order valence-corrected chi connectivity index (χ2v) is 1.55. The molecule has 1 heterocycles. The van der Waals surface area contributed by atoms with Crippen molar-refractivity contribution < 1.29 is 4.74 Å². The molecule has 1 nitrogen and oxygen atoms in total. The maximum absolute atomic E-state index is 4.99. The summed E-state index contributed by atoms with van der Waals surface area (Å²) in [6.07, 6.45) is 6.39. The molecule has 0 atom stereocenters. The highest BCUT2D eigenvalue weighted by Gasteiger charge is 1.96. The Hall–Kier alpha value is -0.940. The van der Waals surface area contributed by atoms with Crippen molar-refractivity contribution >= 4 is 0 Å². The van der Waals surface area contributed by atoms with Crippen molar-refractivity contribution in [2.24, 2.45) is 0 Å². The monoisotopic (exact) mass is 108 g/mol. The molecule has 0 aliphatic carbocycles. The van der Waals surface area contributed by atoms with Gasteiger partial charge in [-0.1, -0.05) is 5.73 Å². The van der Waals surface area contributed by atoms with Gasteiger partial charge in [0.2, 0.25) is 0 Å². The van der Waals surface area contributed by atoms with Crippen molar-refractivity contribution in [3.63, 3.8) is 0 Å². The summed E-state index contributed by atoms with van der Waals surface area (Å²) >= 11 is 0. The topological polar surface area (TPSA) is 9.23 Å². The van der Waals surface area contributed by atoms with E-state index in [1.807, 2.05) is 19.1 Å². The lowest BCUT2D eigenvalue weighted by Crippen LogP contribution is -1.69. The molecule has 0 N–H and O–H groups in total. The van der Waals surface area contributed by atoms with Gasteiger partial charge >= 0.3 is 0 Å². The smallest absolute Gasteiger partial charge is 0.149 e. The lowest BCUT2D eigenvalue weighted by atomic mass is 10.4. The molecule has 0 saturated carbocycles. The molecule has 1 aliphatic rings. The minimum absolute atomic E-state index is 0.893. The molecular formula is C7H8O. The predicted molar refractivity (Wildman–Crippen MR) is 32.1 cm³/mol. The normalized spacial score (nSPS) is 15.4. The molecule has 0 amide bonds. The van der Waals surface area contributed by atoms with Crippen molar-refractivity contribution in [3.05, 3.63) is 29.9 Å². The molecule has 0 saturated heterocycles. The molecule has 0 aromatic carbocycles. The highest BCUT2D eigenvalue weighted by molar-refractivity contribution is 5.05. The molecule has 0 spiro atoms. The van der Waals surface area contributed by atoms with Crippen LogP contribution >= 0.6 is 0 Å². The van der Waals surface area contributed by atoms with Crippen LogP contribution < -0.4 is 0 Å². The van der Waals surface area contributed by atoms with Gasteiger partial charge < -0.3 is 4.74 Å². The minimum Gasteiger partial charge on any atom is -0.461 e. The Balaban J connectivity index is 2.64. The average Bonchev–Trinajstić information content (AvgIpc) is 2.19. The zero-order chi connectivity index (χ0) is 5.82. The number of rotatable bonds is 0. The highest BCUT2D eigenvalue weighted by Crippen LogP contribution is 2.09. The van der Waals surface area contributed by atoms with Gasteiger partial charge in [0, 0.05) is 6.42 Å². The van der Waals surface area contributed by atoms with Gasteiger partial charge in [-0.15, -0.1) is 0 Å². The fraction of sp³-hybridized carbons (Fsp3) is 0.286. The molecule has 0 radical (unpaired) electrons. The van der Waals surface area contributed by atoms with Gasteiger partial charge in [-0.3, -0.25) is 0 Å². The van der Waals surface area contributed by atoms with Gasteiger partial charge in [-0.05, 0) is 19.1 Å². The first-order chi connectivity index (χ1) is 3.93. The quantitative estimate of drug-likeness (QED) is 0.431. The van der Waals surface area contributed by atoms with E-state index in [4.69, 9.17) is 4.74 Å². The second kappa shape index (κ2) is 2.39. The summed E-state index contributed by atoms with van der Waals surface area (Å²) in [7, 11) is 0. The Labute approximate surface area is 49.0 Å². The average molecular weight is 108 g/mol. The van der Waals surface area contributed by atoms with Crippen LogP contribution in [0.1, 0.15) is 13.3 Å². The lowest BCUT2D eigenvalue weighted by Gasteiger charge is -1.87. The molecular weight excluding hydrogens is 100 g/mol. The Morgan fingerprint density at radius 3 is 3.25 bits per heavy atom. The molecule has 1 rings (SSSR count). The fourth-order valence-electron chi connectivity index (χ4n) is 0.587. The third-order valence-electron chi connectivity index (χ3n) is 0.915. The first-order valence-corrected chi connectivity index (χ1v) is 2.65. The summed E-state index contributed by atoms with van der Waals surface area (Å²) in [4.78, 5) is 0. The highest BCUT2D eigenvalue weighted by atomic mass is 16.5. The SMILES string of the molecule is CC=C=C1CC=CO1. The number of allylic oxidation sites excluding steroid dienone is 1. The van der Waals surface area contributed by atoms with Gasteiger partial charge in [0.05, 0.1) is 6.26 Å². The Morgan fingerprint density at radius 1 is 1.88 bits per heavy atom. The van der Waals surface area contributed by atoms with Gasteiger partial charge in [0.15, 0.2) is 0 Å². The van der Waals surface area contributed by atoms with E-state index in [-0.39, 0.29) is 0 Å². The van der Waals surface area contributed by atoms with Crippen LogP contribution in [0.15, 0.2) is 29.9 Å². The predicted octanol–water partition coefficient (Wildman–Crippen LogP) is 1.98. The summed E-state index contributed by atoms with van der Waals surface area (Å²) in [5.41, 5.74) is 2.95. The standard InChI is InChI=1S/C7H8O/c1-2-4-7-5-3-6-8-7/h2-3,6H,5H2,1H3. The molecule has 1 aliphatic heterocycles. The van der Waals surface area contributed by atoms with Gasteiger partial charge in [-0.2, -0.15) is 0 Å². The summed E-state index contributed by atoms with van der Waals surface area (Å²) < 4.78 is 4.99. The Morgan fingerprint density at radius 2 is 2.75 bits per heavy atom. The molecule has 0 fully saturated rings. The van der Waals surface area contributed by atoms with Crippen LogP contribution in [0.3, 0.4) is 0 Å². The molecule has 0 aromatic rings. The van der Waals surface area contributed by atoms with E-state index >= 15 is 0 Å². The molecule has 0 aromatic heterocycles. The zero-order valence-electron chi connectivity index (χ0n) is 4.85.